The van der Waals surface area contributed by atoms with Crippen LogP contribution in [0.5, 0.6) is 0 Å². The van der Waals surface area contributed by atoms with Gasteiger partial charge in [-0.05, 0) is 47.0 Å². The lowest BCUT2D eigenvalue weighted by molar-refractivity contribution is 0.00578. The zero-order valence-electron chi connectivity index (χ0n) is 12.0. The van der Waals surface area contributed by atoms with Gasteiger partial charge in [0.15, 0.2) is 0 Å². The Morgan fingerprint density at radius 2 is 1.35 bits per heavy atom. The summed E-state index contributed by atoms with van der Waals surface area (Å²) in [5.41, 5.74) is 0.452. The highest BCUT2D eigenvalue weighted by Gasteiger charge is 2.51. The Kier molecular flexibility index (Phi) is 5.93. The molecular weight excluding hydrogens is 211 g/mol. The van der Waals surface area contributed by atoms with Crippen LogP contribution in [0.25, 0.3) is 0 Å². The minimum Gasteiger partial charge on any atom is -0.399 e. The Morgan fingerprint density at radius 1 is 1.00 bits per heavy atom. The summed E-state index contributed by atoms with van der Waals surface area (Å²) in [6, 6.07) is 0. The molecule has 1 rings (SSSR count). The molecule has 0 spiro atoms. The molecule has 0 saturated carbocycles. The SMILES string of the molecule is C=C/C(=C/C)B1OC(C)(C)C(C)(C)O1.C=CC. The van der Waals surface area contributed by atoms with Gasteiger partial charge in [0.25, 0.3) is 0 Å². The summed E-state index contributed by atoms with van der Waals surface area (Å²) in [6.07, 6.45) is 5.50. The lowest BCUT2D eigenvalue weighted by atomic mass is 9.78. The van der Waals surface area contributed by atoms with Crippen LogP contribution in [0, 0.1) is 0 Å². The third-order valence-corrected chi connectivity index (χ3v) is 3.09. The van der Waals surface area contributed by atoms with E-state index >= 15 is 0 Å². The van der Waals surface area contributed by atoms with Gasteiger partial charge < -0.3 is 9.31 Å². The van der Waals surface area contributed by atoms with E-state index in [2.05, 4.69) is 13.2 Å². The molecule has 1 fully saturated rings. The highest BCUT2D eigenvalue weighted by molar-refractivity contribution is 6.55. The van der Waals surface area contributed by atoms with Gasteiger partial charge in [-0.2, -0.15) is 0 Å². The average molecular weight is 236 g/mol. The summed E-state index contributed by atoms with van der Waals surface area (Å²) in [7, 11) is -0.275. The van der Waals surface area contributed by atoms with Gasteiger partial charge in [0.1, 0.15) is 0 Å². The number of rotatable bonds is 2. The van der Waals surface area contributed by atoms with Crippen LogP contribution in [0.15, 0.2) is 36.9 Å². The molecule has 0 amide bonds. The van der Waals surface area contributed by atoms with Gasteiger partial charge in [-0.1, -0.05) is 24.8 Å². The summed E-state index contributed by atoms with van der Waals surface area (Å²) in [4.78, 5) is 0. The predicted molar refractivity (Wildman–Crippen MR) is 75.9 cm³/mol. The maximum atomic E-state index is 5.85. The first-order valence-electron chi connectivity index (χ1n) is 5.97. The summed E-state index contributed by atoms with van der Waals surface area (Å²) in [6.45, 7) is 19.1. The molecule has 17 heavy (non-hydrogen) atoms. The number of allylic oxidation sites excluding steroid dienone is 4. The molecule has 2 nitrogen and oxygen atoms in total. The molecule has 3 heteroatoms. The maximum absolute atomic E-state index is 5.85. The first-order chi connectivity index (χ1) is 7.75. The highest BCUT2D eigenvalue weighted by atomic mass is 16.7. The Morgan fingerprint density at radius 3 is 1.59 bits per heavy atom. The Bertz CT molecular complexity index is 287. The van der Waals surface area contributed by atoms with Crippen LogP contribution < -0.4 is 0 Å². The van der Waals surface area contributed by atoms with Crippen LogP contribution in [0.2, 0.25) is 0 Å². The molecule has 0 aromatic carbocycles. The molecule has 1 aliphatic heterocycles. The summed E-state index contributed by atoms with van der Waals surface area (Å²) >= 11 is 0. The summed E-state index contributed by atoms with van der Waals surface area (Å²) < 4.78 is 11.7. The second kappa shape index (κ2) is 6.22. The molecular formula is C14H25BO2. The van der Waals surface area contributed by atoms with Crippen molar-refractivity contribution < 1.29 is 9.31 Å². The smallest absolute Gasteiger partial charge is 0.399 e. The topological polar surface area (TPSA) is 18.5 Å². The van der Waals surface area contributed by atoms with E-state index in [4.69, 9.17) is 9.31 Å². The van der Waals surface area contributed by atoms with Crippen LogP contribution in [-0.4, -0.2) is 18.3 Å². The van der Waals surface area contributed by atoms with Crippen LogP contribution in [0.4, 0.5) is 0 Å². The third kappa shape index (κ3) is 3.86. The van der Waals surface area contributed by atoms with E-state index in [-0.39, 0.29) is 18.3 Å². The molecule has 0 radical (unpaired) electrons. The van der Waals surface area contributed by atoms with E-state index < -0.39 is 0 Å². The van der Waals surface area contributed by atoms with Gasteiger partial charge in [-0.15, -0.1) is 6.58 Å². The van der Waals surface area contributed by atoms with E-state index in [0.29, 0.717) is 0 Å². The molecule has 0 aliphatic carbocycles. The van der Waals surface area contributed by atoms with Crippen molar-refractivity contribution in [1.82, 2.24) is 0 Å². The van der Waals surface area contributed by atoms with Gasteiger partial charge in [-0.3, -0.25) is 0 Å². The van der Waals surface area contributed by atoms with E-state index in [1.54, 1.807) is 12.2 Å². The minimum absolute atomic E-state index is 0.269. The van der Waals surface area contributed by atoms with E-state index in [1.807, 2.05) is 47.6 Å². The maximum Gasteiger partial charge on any atom is 0.494 e. The fourth-order valence-electron chi connectivity index (χ4n) is 1.33. The monoisotopic (exact) mass is 236 g/mol. The highest BCUT2D eigenvalue weighted by Crippen LogP contribution is 2.38. The normalized spacial score (nSPS) is 21.5. The van der Waals surface area contributed by atoms with Crippen molar-refractivity contribution in [3.63, 3.8) is 0 Å². The van der Waals surface area contributed by atoms with E-state index in [0.717, 1.165) is 5.47 Å². The molecule has 1 heterocycles. The van der Waals surface area contributed by atoms with Gasteiger partial charge in [0, 0.05) is 0 Å². The van der Waals surface area contributed by atoms with Crippen LogP contribution >= 0.6 is 0 Å². The molecule has 96 valence electrons. The Balaban J connectivity index is 0.000000770. The quantitative estimate of drug-likeness (QED) is 0.410. The standard InChI is InChI=1S/C11H19BO2.C3H6/c1-7-9(8-2)12-13-10(3,4)11(5,6)14-12;1-3-2/h7-8H,1H2,2-6H3;3H,1H2,2H3/b9-8-;. The molecule has 0 unspecified atom stereocenters. The lowest BCUT2D eigenvalue weighted by Gasteiger charge is -2.32. The fraction of sp³-hybridized carbons (Fsp3) is 0.571. The van der Waals surface area contributed by atoms with Crippen molar-refractivity contribution in [2.45, 2.75) is 52.7 Å². The van der Waals surface area contributed by atoms with E-state index in [9.17, 15) is 0 Å². The number of hydrogen-bond donors (Lipinski definition) is 0. The molecule has 0 N–H and O–H groups in total. The number of hydrogen-bond acceptors (Lipinski definition) is 2. The van der Waals surface area contributed by atoms with Gasteiger partial charge in [-0.25, -0.2) is 0 Å². The fourth-order valence-corrected chi connectivity index (χ4v) is 1.33. The molecule has 0 aromatic rings. The summed E-state index contributed by atoms with van der Waals surface area (Å²) in [5, 5.41) is 0. The zero-order valence-corrected chi connectivity index (χ0v) is 12.0. The van der Waals surface area contributed by atoms with Crippen LogP contribution in [-0.2, 0) is 9.31 Å². The third-order valence-electron chi connectivity index (χ3n) is 3.09. The predicted octanol–water partition coefficient (Wildman–Crippen LogP) is 3.94. The lowest BCUT2D eigenvalue weighted by Crippen LogP contribution is -2.41. The molecule has 1 aliphatic rings. The van der Waals surface area contributed by atoms with Crippen molar-refractivity contribution in [1.29, 1.82) is 0 Å². The van der Waals surface area contributed by atoms with Crippen molar-refractivity contribution in [3.8, 4) is 0 Å². The van der Waals surface area contributed by atoms with Crippen molar-refractivity contribution >= 4 is 7.12 Å². The largest absolute Gasteiger partial charge is 0.494 e. The Hall–Kier alpha value is -0.795. The summed E-state index contributed by atoms with van der Waals surface area (Å²) in [5.74, 6) is 0. The van der Waals surface area contributed by atoms with Crippen LogP contribution in [0.1, 0.15) is 41.5 Å². The second-order valence-electron chi connectivity index (χ2n) is 4.99. The van der Waals surface area contributed by atoms with E-state index in [1.165, 1.54) is 0 Å². The van der Waals surface area contributed by atoms with Gasteiger partial charge in [0.2, 0.25) is 0 Å². The van der Waals surface area contributed by atoms with Crippen molar-refractivity contribution in [2.24, 2.45) is 0 Å². The van der Waals surface area contributed by atoms with Gasteiger partial charge >= 0.3 is 7.12 Å². The Labute approximate surface area is 107 Å². The average Bonchev–Trinajstić information content (AvgIpc) is 2.39. The zero-order chi connectivity index (χ0) is 13.7. The minimum atomic E-state index is -0.275. The van der Waals surface area contributed by atoms with Gasteiger partial charge in [0.05, 0.1) is 11.2 Å². The molecule has 0 bridgehead atoms. The van der Waals surface area contributed by atoms with Crippen molar-refractivity contribution in [3.05, 3.63) is 36.9 Å². The second-order valence-corrected chi connectivity index (χ2v) is 4.99. The molecule has 0 atom stereocenters. The first-order valence-corrected chi connectivity index (χ1v) is 5.97. The molecule has 1 saturated heterocycles. The van der Waals surface area contributed by atoms with Crippen LogP contribution in [0.3, 0.4) is 0 Å². The molecule has 0 aromatic heterocycles. The van der Waals surface area contributed by atoms with Crippen molar-refractivity contribution in [2.75, 3.05) is 0 Å². The first kappa shape index (κ1) is 16.2.